The number of aliphatic hydroxyl groups excluding tert-OH is 1. The Morgan fingerprint density at radius 1 is 1.53 bits per heavy atom. The minimum Gasteiger partial charge on any atom is -0.396 e. The highest BCUT2D eigenvalue weighted by Gasteiger charge is 2.32. The first kappa shape index (κ1) is 14.3. The van der Waals surface area contributed by atoms with E-state index in [9.17, 15) is 9.90 Å². The van der Waals surface area contributed by atoms with Crippen molar-refractivity contribution in [2.75, 3.05) is 40.0 Å². The van der Waals surface area contributed by atoms with E-state index in [2.05, 4.69) is 9.88 Å². The van der Waals surface area contributed by atoms with E-state index in [1.165, 1.54) is 0 Å². The SMILES string of the molecule is CN(CCn1cc[nH]c1=O)CC1(CO)CCOCC1. The largest absolute Gasteiger partial charge is 0.396 e. The Kier molecular flexibility index (Phi) is 4.79. The van der Waals surface area contributed by atoms with Gasteiger partial charge in [0.25, 0.3) is 0 Å². The number of ether oxygens (including phenoxy) is 1. The van der Waals surface area contributed by atoms with Crippen molar-refractivity contribution in [1.29, 1.82) is 0 Å². The Morgan fingerprint density at radius 2 is 2.26 bits per heavy atom. The fourth-order valence-corrected chi connectivity index (χ4v) is 2.63. The van der Waals surface area contributed by atoms with E-state index in [4.69, 9.17) is 4.74 Å². The van der Waals surface area contributed by atoms with Crippen LogP contribution in [0.4, 0.5) is 0 Å². The molecule has 1 aliphatic rings. The number of imidazole rings is 1. The van der Waals surface area contributed by atoms with Gasteiger partial charge in [-0.1, -0.05) is 0 Å². The zero-order valence-corrected chi connectivity index (χ0v) is 11.5. The Bertz CT molecular complexity index is 434. The summed E-state index contributed by atoms with van der Waals surface area (Å²) in [6, 6.07) is 0. The van der Waals surface area contributed by atoms with Crippen molar-refractivity contribution in [3.8, 4) is 0 Å². The van der Waals surface area contributed by atoms with Crippen LogP contribution >= 0.6 is 0 Å². The molecule has 0 atom stereocenters. The number of hydrogen-bond donors (Lipinski definition) is 2. The summed E-state index contributed by atoms with van der Waals surface area (Å²) in [5.41, 5.74) is -0.118. The standard InChI is InChI=1S/C13H23N3O3/c1-15(6-7-16-5-4-14-12(16)18)10-13(11-17)2-8-19-9-3-13/h4-5,17H,2-3,6-11H2,1H3,(H,14,18). The van der Waals surface area contributed by atoms with E-state index in [0.29, 0.717) is 6.54 Å². The molecule has 0 spiro atoms. The summed E-state index contributed by atoms with van der Waals surface area (Å²) in [7, 11) is 2.03. The second kappa shape index (κ2) is 6.36. The van der Waals surface area contributed by atoms with Crippen LogP contribution in [0.5, 0.6) is 0 Å². The highest BCUT2D eigenvalue weighted by atomic mass is 16.5. The van der Waals surface area contributed by atoms with Gasteiger partial charge in [-0.25, -0.2) is 4.79 Å². The number of aromatic amines is 1. The predicted octanol–water partition coefficient (Wildman–Crippen LogP) is -0.103. The molecule has 1 aromatic rings. The topological polar surface area (TPSA) is 70.5 Å². The van der Waals surface area contributed by atoms with Crippen LogP contribution in [0.2, 0.25) is 0 Å². The van der Waals surface area contributed by atoms with Gasteiger partial charge in [0.05, 0.1) is 6.61 Å². The van der Waals surface area contributed by atoms with E-state index in [1.54, 1.807) is 17.0 Å². The molecule has 6 heteroatoms. The Hall–Kier alpha value is -1.11. The molecule has 1 aromatic heterocycles. The maximum absolute atomic E-state index is 11.4. The number of likely N-dealkylation sites (N-methyl/N-ethyl adjacent to an activating group) is 1. The lowest BCUT2D eigenvalue weighted by molar-refractivity contribution is -0.0311. The van der Waals surface area contributed by atoms with Gasteiger partial charge in [0.2, 0.25) is 0 Å². The van der Waals surface area contributed by atoms with Gasteiger partial charge in [0.15, 0.2) is 0 Å². The molecule has 2 rings (SSSR count). The lowest BCUT2D eigenvalue weighted by Gasteiger charge is -2.38. The molecular formula is C13H23N3O3. The van der Waals surface area contributed by atoms with Crippen LogP contribution in [-0.2, 0) is 11.3 Å². The second-order valence-corrected chi connectivity index (χ2v) is 5.47. The fraction of sp³-hybridized carbons (Fsp3) is 0.769. The molecule has 0 unspecified atom stereocenters. The molecule has 0 bridgehead atoms. The number of nitrogens with zero attached hydrogens (tertiary/aromatic N) is 2. The fourth-order valence-electron chi connectivity index (χ4n) is 2.63. The van der Waals surface area contributed by atoms with Gasteiger partial charge >= 0.3 is 5.69 Å². The maximum Gasteiger partial charge on any atom is 0.325 e. The van der Waals surface area contributed by atoms with Crippen LogP contribution in [-0.4, -0.2) is 59.5 Å². The van der Waals surface area contributed by atoms with E-state index in [0.717, 1.165) is 39.1 Å². The van der Waals surface area contributed by atoms with Crippen LogP contribution in [0, 0.1) is 5.41 Å². The van der Waals surface area contributed by atoms with Gasteiger partial charge in [-0.15, -0.1) is 0 Å². The Balaban J connectivity index is 1.84. The first-order chi connectivity index (χ1) is 9.15. The van der Waals surface area contributed by atoms with Gasteiger partial charge in [-0.2, -0.15) is 0 Å². The summed E-state index contributed by atoms with van der Waals surface area (Å²) >= 11 is 0. The van der Waals surface area contributed by atoms with E-state index in [1.807, 2.05) is 7.05 Å². The van der Waals surface area contributed by atoms with Gasteiger partial charge in [0.1, 0.15) is 0 Å². The molecule has 2 heterocycles. The lowest BCUT2D eigenvalue weighted by atomic mass is 9.80. The third-order valence-electron chi connectivity index (χ3n) is 3.94. The summed E-state index contributed by atoms with van der Waals surface area (Å²) in [4.78, 5) is 16.2. The van der Waals surface area contributed by atoms with Crippen LogP contribution < -0.4 is 5.69 Å². The summed E-state index contributed by atoms with van der Waals surface area (Å²) in [6.07, 6.45) is 5.21. The highest BCUT2D eigenvalue weighted by molar-refractivity contribution is 4.84. The van der Waals surface area contributed by atoms with Crippen LogP contribution in [0.25, 0.3) is 0 Å². The molecule has 0 radical (unpaired) electrons. The summed E-state index contributed by atoms with van der Waals surface area (Å²) in [6.45, 7) is 3.95. The van der Waals surface area contributed by atoms with Crippen molar-refractivity contribution in [2.24, 2.45) is 5.41 Å². The monoisotopic (exact) mass is 269 g/mol. The highest BCUT2D eigenvalue weighted by Crippen LogP contribution is 2.30. The molecule has 6 nitrogen and oxygen atoms in total. The molecule has 2 N–H and O–H groups in total. The van der Waals surface area contributed by atoms with Crippen molar-refractivity contribution < 1.29 is 9.84 Å². The van der Waals surface area contributed by atoms with Crippen molar-refractivity contribution in [3.63, 3.8) is 0 Å². The van der Waals surface area contributed by atoms with Gasteiger partial charge in [-0.3, -0.25) is 4.57 Å². The lowest BCUT2D eigenvalue weighted by Crippen LogP contribution is -2.43. The number of nitrogens with one attached hydrogen (secondary N) is 1. The predicted molar refractivity (Wildman–Crippen MR) is 72.1 cm³/mol. The third-order valence-corrected chi connectivity index (χ3v) is 3.94. The normalized spacial score (nSPS) is 18.9. The molecule has 0 amide bonds. The summed E-state index contributed by atoms with van der Waals surface area (Å²) < 4.78 is 7.02. The molecule has 0 aliphatic carbocycles. The Labute approximate surface area is 113 Å². The van der Waals surface area contributed by atoms with Crippen LogP contribution in [0.1, 0.15) is 12.8 Å². The van der Waals surface area contributed by atoms with Crippen molar-refractivity contribution >= 4 is 0 Å². The first-order valence-electron chi connectivity index (χ1n) is 6.76. The van der Waals surface area contributed by atoms with Crippen molar-refractivity contribution in [2.45, 2.75) is 19.4 Å². The molecular weight excluding hydrogens is 246 g/mol. The number of aliphatic hydroxyl groups is 1. The number of hydrogen-bond acceptors (Lipinski definition) is 4. The molecule has 0 saturated carbocycles. The van der Waals surface area contributed by atoms with Gasteiger partial charge in [0, 0.05) is 50.7 Å². The minimum atomic E-state index is -0.0728. The summed E-state index contributed by atoms with van der Waals surface area (Å²) in [5, 5.41) is 9.64. The molecule has 1 aliphatic heterocycles. The van der Waals surface area contributed by atoms with E-state index < -0.39 is 0 Å². The van der Waals surface area contributed by atoms with Gasteiger partial charge < -0.3 is 19.7 Å². The zero-order valence-electron chi connectivity index (χ0n) is 11.5. The first-order valence-corrected chi connectivity index (χ1v) is 6.76. The summed E-state index contributed by atoms with van der Waals surface area (Å²) in [5.74, 6) is 0. The molecule has 0 aromatic carbocycles. The average molecular weight is 269 g/mol. The molecule has 1 fully saturated rings. The van der Waals surface area contributed by atoms with Crippen molar-refractivity contribution in [1.82, 2.24) is 14.5 Å². The number of aromatic nitrogens is 2. The maximum atomic E-state index is 11.4. The minimum absolute atomic E-state index is 0.0455. The Morgan fingerprint density at radius 3 is 2.84 bits per heavy atom. The number of H-pyrrole nitrogens is 1. The van der Waals surface area contributed by atoms with Crippen LogP contribution in [0.15, 0.2) is 17.2 Å². The van der Waals surface area contributed by atoms with E-state index >= 15 is 0 Å². The average Bonchev–Trinajstić information content (AvgIpc) is 2.83. The zero-order chi connectivity index (χ0) is 13.7. The molecule has 108 valence electrons. The van der Waals surface area contributed by atoms with Crippen LogP contribution in [0.3, 0.4) is 0 Å². The van der Waals surface area contributed by atoms with Gasteiger partial charge in [-0.05, 0) is 19.9 Å². The van der Waals surface area contributed by atoms with E-state index in [-0.39, 0.29) is 17.7 Å². The van der Waals surface area contributed by atoms with Crippen molar-refractivity contribution in [3.05, 3.63) is 22.9 Å². The second-order valence-electron chi connectivity index (χ2n) is 5.47. The number of rotatable bonds is 6. The molecule has 19 heavy (non-hydrogen) atoms. The quantitative estimate of drug-likeness (QED) is 0.756. The smallest absolute Gasteiger partial charge is 0.325 e. The molecule has 1 saturated heterocycles. The third kappa shape index (κ3) is 3.68.